The van der Waals surface area contributed by atoms with E-state index in [0.29, 0.717) is 0 Å². The van der Waals surface area contributed by atoms with Crippen molar-refractivity contribution in [1.82, 2.24) is 4.98 Å². The average molecular weight is 208 g/mol. The molecule has 1 saturated heterocycles. The molecule has 15 heavy (non-hydrogen) atoms. The van der Waals surface area contributed by atoms with E-state index >= 15 is 0 Å². The van der Waals surface area contributed by atoms with Crippen LogP contribution in [-0.2, 0) is 11.3 Å². The monoisotopic (exact) mass is 208 g/mol. The highest BCUT2D eigenvalue weighted by atomic mass is 16.5. The van der Waals surface area contributed by atoms with E-state index in [1.54, 1.807) is 6.20 Å². The molecule has 0 aromatic carbocycles. The van der Waals surface area contributed by atoms with Gasteiger partial charge in [-0.25, -0.2) is 4.98 Å². The fraction of sp³-hybridized carbons (Fsp3) is 0.545. The molecule has 4 nitrogen and oxygen atoms in total. The van der Waals surface area contributed by atoms with Crippen molar-refractivity contribution in [2.24, 2.45) is 0 Å². The Balaban J connectivity index is 2.20. The Kier molecular flexibility index (Phi) is 3.18. The molecule has 0 aliphatic carbocycles. The maximum absolute atomic E-state index is 9.22. The summed E-state index contributed by atoms with van der Waals surface area (Å²) < 4.78 is 5.47. The van der Waals surface area contributed by atoms with Crippen LogP contribution in [0.2, 0.25) is 0 Å². The van der Waals surface area contributed by atoms with Crippen molar-refractivity contribution < 1.29 is 9.84 Å². The van der Waals surface area contributed by atoms with Crippen LogP contribution >= 0.6 is 0 Å². The fourth-order valence-corrected chi connectivity index (χ4v) is 1.85. The number of hydrogen-bond acceptors (Lipinski definition) is 4. The van der Waals surface area contributed by atoms with Gasteiger partial charge in [0, 0.05) is 24.8 Å². The third kappa shape index (κ3) is 2.27. The topological polar surface area (TPSA) is 45.6 Å². The number of aromatic nitrogens is 1. The minimum Gasteiger partial charge on any atom is -0.392 e. The zero-order valence-electron chi connectivity index (χ0n) is 8.89. The predicted molar refractivity (Wildman–Crippen MR) is 57.8 cm³/mol. The molecule has 4 heteroatoms. The van der Waals surface area contributed by atoms with Gasteiger partial charge in [0.15, 0.2) is 0 Å². The lowest BCUT2D eigenvalue weighted by molar-refractivity contribution is 0.0528. The van der Waals surface area contributed by atoms with Gasteiger partial charge in [-0.1, -0.05) is 6.07 Å². The van der Waals surface area contributed by atoms with E-state index in [4.69, 9.17) is 4.74 Å². The van der Waals surface area contributed by atoms with Gasteiger partial charge < -0.3 is 14.7 Å². The quantitative estimate of drug-likeness (QED) is 0.781. The second-order valence-electron chi connectivity index (χ2n) is 3.77. The van der Waals surface area contributed by atoms with Crippen molar-refractivity contribution in [2.75, 3.05) is 24.6 Å². The van der Waals surface area contributed by atoms with Crippen molar-refractivity contribution >= 4 is 5.82 Å². The molecule has 0 saturated carbocycles. The van der Waals surface area contributed by atoms with Gasteiger partial charge in [-0.15, -0.1) is 0 Å². The van der Waals surface area contributed by atoms with Crippen LogP contribution in [0.1, 0.15) is 12.5 Å². The molecule has 1 N–H and O–H groups in total. The summed E-state index contributed by atoms with van der Waals surface area (Å²) >= 11 is 0. The first-order valence-corrected chi connectivity index (χ1v) is 5.22. The molecular formula is C11H16N2O2. The Hall–Kier alpha value is -1.13. The Morgan fingerprint density at radius 2 is 2.53 bits per heavy atom. The Bertz CT molecular complexity index is 330. The zero-order valence-corrected chi connectivity index (χ0v) is 8.89. The zero-order chi connectivity index (χ0) is 10.7. The van der Waals surface area contributed by atoms with E-state index in [1.807, 2.05) is 19.1 Å². The van der Waals surface area contributed by atoms with Crippen molar-refractivity contribution in [3.63, 3.8) is 0 Å². The number of aliphatic hydroxyl groups is 1. The van der Waals surface area contributed by atoms with Gasteiger partial charge in [-0.2, -0.15) is 0 Å². The molecule has 0 radical (unpaired) electrons. The summed E-state index contributed by atoms with van der Waals surface area (Å²) in [7, 11) is 0. The molecule has 0 bridgehead atoms. The highest BCUT2D eigenvalue weighted by Gasteiger charge is 2.19. The Labute approximate surface area is 89.5 Å². The lowest BCUT2D eigenvalue weighted by Crippen LogP contribution is -2.42. The second kappa shape index (κ2) is 4.59. The summed E-state index contributed by atoms with van der Waals surface area (Å²) in [5.74, 6) is 0.884. The third-order valence-electron chi connectivity index (χ3n) is 2.58. The summed E-state index contributed by atoms with van der Waals surface area (Å²) in [4.78, 5) is 6.48. The van der Waals surface area contributed by atoms with Crippen LogP contribution in [0.15, 0.2) is 18.3 Å². The number of morpholine rings is 1. The maximum atomic E-state index is 9.22. The van der Waals surface area contributed by atoms with Gasteiger partial charge in [0.2, 0.25) is 0 Å². The van der Waals surface area contributed by atoms with Crippen molar-refractivity contribution in [1.29, 1.82) is 0 Å². The van der Waals surface area contributed by atoms with Gasteiger partial charge in [-0.3, -0.25) is 0 Å². The molecule has 0 spiro atoms. The van der Waals surface area contributed by atoms with Crippen LogP contribution in [0.4, 0.5) is 5.82 Å². The first kappa shape index (κ1) is 10.4. The Morgan fingerprint density at radius 3 is 3.27 bits per heavy atom. The summed E-state index contributed by atoms with van der Waals surface area (Å²) in [6.07, 6.45) is 1.99. The van der Waals surface area contributed by atoms with Crippen molar-refractivity contribution in [3.05, 3.63) is 23.9 Å². The van der Waals surface area contributed by atoms with Gasteiger partial charge >= 0.3 is 0 Å². The number of aliphatic hydroxyl groups excluding tert-OH is 1. The molecule has 2 rings (SSSR count). The summed E-state index contributed by atoms with van der Waals surface area (Å²) in [5.41, 5.74) is 0.881. The van der Waals surface area contributed by atoms with E-state index in [0.717, 1.165) is 31.1 Å². The number of rotatable bonds is 2. The van der Waals surface area contributed by atoms with Gasteiger partial charge in [-0.05, 0) is 13.0 Å². The van der Waals surface area contributed by atoms with Crippen LogP contribution in [0.25, 0.3) is 0 Å². The van der Waals surface area contributed by atoms with Crippen LogP contribution in [-0.4, -0.2) is 35.9 Å². The minimum atomic E-state index is 0.0366. The number of hydrogen-bond donors (Lipinski definition) is 1. The molecule has 1 aliphatic heterocycles. The average Bonchev–Trinajstić information content (AvgIpc) is 2.29. The molecule has 1 aromatic heterocycles. The Morgan fingerprint density at radius 1 is 1.67 bits per heavy atom. The molecule has 1 aromatic rings. The van der Waals surface area contributed by atoms with E-state index in [9.17, 15) is 5.11 Å². The SMILES string of the molecule is CC1CN(c2ncccc2CO)CCO1. The normalized spacial score (nSPS) is 21.7. The fourth-order valence-electron chi connectivity index (χ4n) is 1.85. The maximum Gasteiger partial charge on any atom is 0.134 e. The number of anilines is 1. The van der Waals surface area contributed by atoms with Crippen molar-refractivity contribution in [3.8, 4) is 0 Å². The largest absolute Gasteiger partial charge is 0.392 e. The third-order valence-corrected chi connectivity index (χ3v) is 2.58. The lowest BCUT2D eigenvalue weighted by Gasteiger charge is -2.32. The predicted octanol–water partition coefficient (Wildman–Crippen LogP) is 0.799. The molecule has 1 aliphatic rings. The van der Waals surface area contributed by atoms with Crippen molar-refractivity contribution in [2.45, 2.75) is 19.6 Å². The number of ether oxygens (including phenoxy) is 1. The molecule has 0 amide bonds. The van der Waals surface area contributed by atoms with E-state index in [2.05, 4.69) is 9.88 Å². The van der Waals surface area contributed by atoms with Gasteiger partial charge in [0.05, 0.1) is 19.3 Å². The van der Waals surface area contributed by atoms with E-state index < -0.39 is 0 Å². The van der Waals surface area contributed by atoms with Gasteiger partial charge in [0.1, 0.15) is 5.82 Å². The first-order chi connectivity index (χ1) is 7.31. The van der Waals surface area contributed by atoms with Crippen LogP contribution in [0, 0.1) is 0 Å². The smallest absolute Gasteiger partial charge is 0.134 e. The molecule has 1 atom stereocenters. The van der Waals surface area contributed by atoms with E-state index in [-0.39, 0.29) is 12.7 Å². The van der Waals surface area contributed by atoms with Crippen LogP contribution in [0.3, 0.4) is 0 Å². The summed E-state index contributed by atoms with van der Waals surface area (Å²) in [5, 5.41) is 9.22. The van der Waals surface area contributed by atoms with Crippen LogP contribution < -0.4 is 4.90 Å². The number of nitrogens with zero attached hydrogens (tertiary/aromatic N) is 2. The lowest BCUT2D eigenvalue weighted by atomic mass is 10.2. The van der Waals surface area contributed by atoms with Gasteiger partial charge in [0.25, 0.3) is 0 Å². The highest BCUT2D eigenvalue weighted by molar-refractivity contribution is 5.46. The summed E-state index contributed by atoms with van der Waals surface area (Å²) in [6, 6.07) is 3.75. The van der Waals surface area contributed by atoms with E-state index in [1.165, 1.54) is 0 Å². The molecular weight excluding hydrogens is 192 g/mol. The standard InChI is InChI=1S/C11H16N2O2/c1-9-7-13(5-6-15-9)11-10(8-14)3-2-4-12-11/h2-4,9,14H,5-8H2,1H3. The molecule has 1 unspecified atom stereocenters. The molecule has 82 valence electrons. The summed E-state index contributed by atoms with van der Waals surface area (Å²) in [6.45, 7) is 4.49. The molecule has 1 fully saturated rings. The first-order valence-electron chi connectivity index (χ1n) is 5.22. The highest BCUT2D eigenvalue weighted by Crippen LogP contribution is 2.19. The second-order valence-corrected chi connectivity index (χ2v) is 3.77. The molecule has 2 heterocycles. The van der Waals surface area contributed by atoms with Crippen LogP contribution in [0.5, 0.6) is 0 Å². The minimum absolute atomic E-state index is 0.0366. The number of pyridine rings is 1.